The van der Waals surface area contributed by atoms with Crippen LogP contribution in [0.1, 0.15) is 23.2 Å². The summed E-state index contributed by atoms with van der Waals surface area (Å²) in [6.07, 6.45) is 1.36. The second-order valence-corrected chi connectivity index (χ2v) is 6.42. The molecule has 0 atom stereocenters. The van der Waals surface area contributed by atoms with E-state index in [1.54, 1.807) is 5.51 Å². The molecule has 0 aromatic carbocycles. The predicted molar refractivity (Wildman–Crippen MR) is 81.5 cm³/mol. The molecule has 8 heteroatoms. The van der Waals surface area contributed by atoms with Crippen LogP contribution in [-0.2, 0) is 4.79 Å². The molecule has 0 radical (unpaired) electrons. The second kappa shape index (κ2) is 6.31. The Morgan fingerprint density at radius 1 is 1.33 bits per heavy atom. The Balaban J connectivity index is 1.53. The van der Waals surface area contributed by atoms with Crippen LogP contribution >= 0.6 is 22.7 Å². The van der Waals surface area contributed by atoms with E-state index in [0.29, 0.717) is 31.1 Å². The van der Waals surface area contributed by atoms with Gasteiger partial charge in [-0.25, -0.2) is 0 Å². The Hall–Kier alpha value is -1.80. The molecule has 0 spiro atoms. The fourth-order valence-electron chi connectivity index (χ4n) is 2.35. The largest absolute Gasteiger partial charge is 0.339 e. The van der Waals surface area contributed by atoms with Crippen molar-refractivity contribution in [3.63, 3.8) is 0 Å². The highest BCUT2D eigenvalue weighted by Crippen LogP contribution is 2.21. The van der Waals surface area contributed by atoms with E-state index in [0.717, 1.165) is 5.56 Å². The zero-order valence-corrected chi connectivity index (χ0v) is 12.8. The molecule has 0 unspecified atom stereocenters. The lowest BCUT2D eigenvalue weighted by Gasteiger charge is -2.31. The van der Waals surface area contributed by atoms with E-state index in [4.69, 9.17) is 0 Å². The summed E-state index contributed by atoms with van der Waals surface area (Å²) < 4.78 is 0. The Bertz CT molecular complexity index is 604. The molecule has 1 aliphatic rings. The van der Waals surface area contributed by atoms with Crippen LogP contribution in [0.4, 0.5) is 5.13 Å². The van der Waals surface area contributed by atoms with Gasteiger partial charge in [-0.3, -0.25) is 9.59 Å². The van der Waals surface area contributed by atoms with Crippen molar-refractivity contribution < 1.29 is 9.59 Å². The molecule has 0 aliphatic carbocycles. The lowest BCUT2D eigenvalue weighted by atomic mass is 9.95. The molecule has 3 heterocycles. The van der Waals surface area contributed by atoms with Crippen molar-refractivity contribution in [2.24, 2.45) is 5.92 Å². The van der Waals surface area contributed by atoms with Gasteiger partial charge < -0.3 is 10.2 Å². The number of rotatable bonds is 3. The third-order valence-corrected chi connectivity index (χ3v) is 4.80. The maximum Gasteiger partial charge on any atom is 0.254 e. The molecule has 1 aliphatic heterocycles. The van der Waals surface area contributed by atoms with E-state index < -0.39 is 0 Å². The number of nitrogens with one attached hydrogen (secondary N) is 1. The van der Waals surface area contributed by atoms with E-state index in [1.807, 2.05) is 21.7 Å². The van der Waals surface area contributed by atoms with Gasteiger partial charge in [0.25, 0.3) is 5.91 Å². The minimum absolute atomic E-state index is 0.0330. The van der Waals surface area contributed by atoms with Crippen LogP contribution in [0, 0.1) is 5.92 Å². The van der Waals surface area contributed by atoms with Crippen LogP contribution in [0.5, 0.6) is 0 Å². The Labute approximate surface area is 129 Å². The first-order valence-electron chi connectivity index (χ1n) is 6.62. The van der Waals surface area contributed by atoms with Crippen LogP contribution < -0.4 is 5.32 Å². The highest BCUT2D eigenvalue weighted by Gasteiger charge is 2.28. The van der Waals surface area contributed by atoms with Crippen molar-refractivity contribution in [2.75, 3.05) is 18.4 Å². The molecule has 1 saturated heterocycles. The van der Waals surface area contributed by atoms with Crippen LogP contribution in [-0.4, -0.2) is 40.0 Å². The zero-order valence-electron chi connectivity index (χ0n) is 11.2. The molecule has 2 aromatic heterocycles. The van der Waals surface area contributed by atoms with Gasteiger partial charge in [-0.05, 0) is 24.3 Å². The quantitative estimate of drug-likeness (QED) is 0.939. The molecule has 2 aromatic rings. The first-order chi connectivity index (χ1) is 10.2. The van der Waals surface area contributed by atoms with Crippen molar-refractivity contribution in [3.05, 3.63) is 27.9 Å². The highest BCUT2D eigenvalue weighted by atomic mass is 32.1. The molecule has 21 heavy (non-hydrogen) atoms. The summed E-state index contributed by atoms with van der Waals surface area (Å²) in [6, 6.07) is 1.83. The van der Waals surface area contributed by atoms with Gasteiger partial charge in [0.15, 0.2) is 0 Å². The summed E-state index contributed by atoms with van der Waals surface area (Å²) in [5, 5.41) is 14.5. The molecular formula is C13H14N4O2S2. The number of thiophene rings is 1. The standard InChI is InChI=1S/C13H14N4O2S2/c18-11(15-13-16-14-8-21-13)9-1-4-17(5-2-9)12(19)10-3-6-20-7-10/h3,6-9H,1-2,4-5H2,(H,15,16,18). The monoisotopic (exact) mass is 322 g/mol. The van der Waals surface area contributed by atoms with Crippen molar-refractivity contribution in [1.29, 1.82) is 0 Å². The van der Waals surface area contributed by atoms with Gasteiger partial charge in [0.05, 0.1) is 5.56 Å². The molecule has 2 amide bonds. The van der Waals surface area contributed by atoms with E-state index in [2.05, 4.69) is 15.5 Å². The fraction of sp³-hybridized carbons (Fsp3) is 0.385. The smallest absolute Gasteiger partial charge is 0.254 e. The third kappa shape index (κ3) is 3.27. The summed E-state index contributed by atoms with van der Waals surface area (Å²) in [5.74, 6) is -0.0472. The fourth-order valence-corrected chi connectivity index (χ4v) is 3.43. The van der Waals surface area contributed by atoms with Gasteiger partial charge in [0.1, 0.15) is 5.51 Å². The molecule has 110 valence electrons. The molecule has 1 fully saturated rings. The van der Waals surface area contributed by atoms with Gasteiger partial charge in [-0.15, -0.1) is 10.2 Å². The number of likely N-dealkylation sites (tertiary alicyclic amines) is 1. The van der Waals surface area contributed by atoms with Crippen LogP contribution in [0.15, 0.2) is 22.3 Å². The van der Waals surface area contributed by atoms with Crippen LogP contribution in [0.25, 0.3) is 0 Å². The maximum atomic E-state index is 12.2. The van der Waals surface area contributed by atoms with Crippen LogP contribution in [0.2, 0.25) is 0 Å². The first-order valence-corrected chi connectivity index (χ1v) is 8.45. The minimum atomic E-state index is -0.0691. The Morgan fingerprint density at radius 2 is 2.14 bits per heavy atom. The minimum Gasteiger partial charge on any atom is -0.339 e. The predicted octanol–water partition coefficient (Wildman–Crippen LogP) is 2.09. The van der Waals surface area contributed by atoms with Crippen molar-refractivity contribution >= 4 is 39.6 Å². The van der Waals surface area contributed by atoms with Gasteiger partial charge in [0, 0.05) is 24.4 Å². The van der Waals surface area contributed by atoms with E-state index >= 15 is 0 Å². The maximum absolute atomic E-state index is 12.2. The van der Waals surface area contributed by atoms with Gasteiger partial charge >= 0.3 is 0 Å². The normalized spacial score (nSPS) is 15.9. The van der Waals surface area contributed by atoms with Crippen molar-refractivity contribution in [3.8, 4) is 0 Å². The van der Waals surface area contributed by atoms with Crippen LogP contribution in [0.3, 0.4) is 0 Å². The summed E-state index contributed by atoms with van der Waals surface area (Å²) >= 11 is 2.82. The number of anilines is 1. The Kier molecular flexibility index (Phi) is 4.26. The summed E-state index contributed by atoms with van der Waals surface area (Å²) in [6.45, 7) is 1.23. The molecule has 6 nitrogen and oxygen atoms in total. The third-order valence-electron chi connectivity index (χ3n) is 3.51. The van der Waals surface area contributed by atoms with Gasteiger partial charge in [-0.2, -0.15) is 11.3 Å². The highest BCUT2D eigenvalue weighted by molar-refractivity contribution is 7.13. The van der Waals surface area contributed by atoms with Crippen molar-refractivity contribution in [2.45, 2.75) is 12.8 Å². The summed E-state index contributed by atoms with van der Waals surface area (Å²) in [7, 11) is 0. The lowest BCUT2D eigenvalue weighted by Crippen LogP contribution is -2.41. The molecule has 0 bridgehead atoms. The summed E-state index contributed by atoms with van der Waals surface area (Å²) in [4.78, 5) is 26.1. The number of hydrogen-bond donors (Lipinski definition) is 1. The number of carbonyl (C=O) groups excluding carboxylic acids is 2. The lowest BCUT2D eigenvalue weighted by molar-refractivity contribution is -0.121. The zero-order chi connectivity index (χ0) is 14.7. The Morgan fingerprint density at radius 3 is 2.76 bits per heavy atom. The second-order valence-electron chi connectivity index (χ2n) is 4.81. The van der Waals surface area contributed by atoms with E-state index in [1.165, 1.54) is 22.7 Å². The molecule has 0 saturated carbocycles. The number of hydrogen-bond acceptors (Lipinski definition) is 6. The van der Waals surface area contributed by atoms with Crippen molar-refractivity contribution in [1.82, 2.24) is 15.1 Å². The molecule has 1 N–H and O–H groups in total. The number of piperidine rings is 1. The first kappa shape index (κ1) is 14.2. The average Bonchev–Trinajstić information content (AvgIpc) is 3.20. The average molecular weight is 322 g/mol. The molecule has 3 rings (SSSR count). The number of amides is 2. The SMILES string of the molecule is O=C(Nc1nncs1)C1CCN(C(=O)c2ccsc2)CC1. The molecular weight excluding hydrogens is 308 g/mol. The number of aromatic nitrogens is 2. The summed E-state index contributed by atoms with van der Waals surface area (Å²) in [5.41, 5.74) is 2.31. The number of nitrogens with zero attached hydrogens (tertiary/aromatic N) is 3. The van der Waals surface area contributed by atoms with Gasteiger partial charge in [-0.1, -0.05) is 11.3 Å². The van der Waals surface area contributed by atoms with Gasteiger partial charge in [0.2, 0.25) is 11.0 Å². The number of carbonyl (C=O) groups is 2. The van der Waals surface area contributed by atoms with E-state index in [9.17, 15) is 9.59 Å². The van der Waals surface area contributed by atoms with E-state index in [-0.39, 0.29) is 17.7 Å². The topological polar surface area (TPSA) is 75.2 Å².